The van der Waals surface area contributed by atoms with Gasteiger partial charge in [-0.05, 0) is 31.8 Å². The Hall–Kier alpha value is -2.06. The Labute approximate surface area is 159 Å². The number of aromatic nitrogens is 1. The molecule has 8 heteroatoms. The summed E-state index contributed by atoms with van der Waals surface area (Å²) in [6.45, 7) is 3.37. The molecule has 1 aromatic heterocycles. The second-order valence-electron chi connectivity index (χ2n) is 5.72. The molecule has 1 rings (SSSR count). The van der Waals surface area contributed by atoms with Gasteiger partial charge in [-0.15, -0.1) is 11.8 Å². The first-order valence-electron chi connectivity index (χ1n) is 8.32. The molecule has 0 bridgehead atoms. The number of carbonyl (C=O) groups is 2. The second-order valence-corrected chi connectivity index (χ2v) is 6.82. The minimum atomic E-state index is -0.304. The lowest BCUT2D eigenvalue weighted by atomic mass is 10.2. The SMILES string of the molecule is CC(=O)OCCSCC(=O)NC/C=C\COc1cc(CN(C)C)ccn1. The Kier molecular flexibility index (Phi) is 11.1. The predicted octanol–water partition coefficient (Wildman–Crippen LogP) is 1.49. The largest absolute Gasteiger partial charge is 0.473 e. The van der Waals surface area contributed by atoms with Crippen molar-refractivity contribution in [2.45, 2.75) is 13.5 Å². The Morgan fingerprint density at radius 1 is 1.35 bits per heavy atom. The number of nitrogens with zero attached hydrogens (tertiary/aromatic N) is 2. The zero-order valence-electron chi connectivity index (χ0n) is 15.6. The van der Waals surface area contributed by atoms with Crippen molar-refractivity contribution in [2.75, 3.05) is 45.4 Å². The lowest BCUT2D eigenvalue weighted by molar-refractivity contribution is -0.140. The first-order valence-corrected chi connectivity index (χ1v) is 9.48. The standard InChI is InChI=1S/C18H27N3O4S/c1-15(22)24-10-11-26-14-17(23)19-7-4-5-9-25-18-12-16(6-8-20-18)13-21(2)3/h4-6,8,12H,7,9-11,13-14H2,1-3H3,(H,19,23)/b5-4-. The minimum absolute atomic E-state index is 0.0542. The lowest BCUT2D eigenvalue weighted by Crippen LogP contribution is -2.25. The molecule has 0 fully saturated rings. The monoisotopic (exact) mass is 381 g/mol. The smallest absolute Gasteiger partial charge is 0.302 e. The third-order valence-electron chi connectivity index (χ3n) is 2.98. The van der Waals surface area contributed by atoms with Gasteiger partial charge in [0, 0.05) is 38.0 Å². The highest BCUT2D eigenvalue weighted by atomic mass is 32.2. The summed E-state index contributed by atoms with van der Waals surface area (Å²) in [6, 6.07) is 3.88. The molecule has 1 aromatic rings. The van der Waals surface area contributed by atoms with E-state index in [-0.39, 0.29) is 11.9 Å². The summed E-state index contributed by atoms with van der Waals surface area (Å²) in [6.07, 6.45) is 5.41. The fourth-order valence-electron chi connectivity index (χ4n) is 1.91. The average molecular weight is 381 g/mol. The van der Waals surface area contributed by atoms with E-state index in [1.165, 1.54) is 18.7 Å². The van der Waals surface area contributed by atoms with E-state index < -0.39 is 0 Å². The van der Waals surface area contributed by atoms with Crippen molar-refractivity contribution in [3.05, 3.63) is 36.0 Å². The summed E-state index contributed by atoms with van der Waals surface area (Å²) in [5, 5.41) is 2.78. The van der Waals surface area contributed by atoms with Gasteiger partial charge in [-0.1, -0.05) is 6.08 Å². The van der Waals surface area contributed by atoms with Gasteiger partial charge in [-0.25, -0.2) is 4.98 Å². The molecule has 144 valence electrons. The number of pyridine rings is 1. The zero-order valence-corrected chi connectivity index (χ0v) is 16.4. The number of rotatable bonds is 12. The molecule has 1 amide bonds. The third-order valence-corrected chi connectivity index (χ3v) is 3.90. The van der Waals surface area contributed by atoms with Crippen LogP contribution in [0.1, 0.15) is 12.5 Å². The fourth-order valence-corrected chi connectivity index (χ4v) is 2.54. The lowest BCUT2D eigenvalue weighted by Gasteiger charge is -2.10. The number of hydrogen-bond donors (Lipinski definition) is 1. The average Bonchev–Trinajstić information content (AvgIpc) is 2.57. The van der Waals surface area contributed by atoms with Crippen molar-refractivity contribution in [3.8, 4) is 5.88 Å². The first kappa shape index (κ1) is 22.0. The Bertz CT molecular complexity index is 594. The number of ether oxygens (including phenoxy) is 2. The van der Waals surface area contributed by atoms with Crippen molar-refractivity contribution >= 4 is 23.6 Å². The van der Waals surface area contributed by atoms with Crippen LogP contribution in [0.15, 0.2) is 30.5 Å². The van der Waals surface area contributed by atoms with Gasteiger partial charge in [0.15, 0.2) is 0 Å². The highest BCUT2D eigenvalue weighted by Gasteiger charge is 2.01. The fraction of sp³-hybridized carbons (Fsp3) is 0.500. The van der Waals surface area contributed by atoms with Crippen molar-refractivity contribution in [1.29, 1.82) is 0 Å². The first-order chi connectivity index (χ1) is 12.5. The molecule has 0 aliphatic rings. The van der Waals surface area contributed by atoms with Gasteiger partial charge in [0.2, 0.25) is 11.8 Å². The van der Waals surface area contributed by atoms with Crippen LogP contribution in [0.25, 0.3) is 0 Å². The van der Waals surface area contributed by atoms with E-state index in [4.69, 9.17) is 9.47 Å². The van der Waals surface area contributed by atoms with E-state index in [2.05, 4.69) is 15.2 Å². The van der Waals surface area contributed by atoms with Crippen molar-refractivity contribution < 1.29 is 19.1 Å². The van der Waals surface area contributed by atoms with Crippen LogP contribution in [-0.4, -0.2) is 67.1 Å². The molecule has 0 radical (unpaired) electrons. The molecule has 0 unspecified atom stereocenters. The van der Waals surface area contributed by atoms with E-state index >= 15 is 0 Å². The summed E-state index contributed by atoms with van der Waals surface area (Å²) in [5.41, 5.74) is 1.14. The molecule has 1 N–H and O–H groups in total. The summed E-state index contributed by atoms with van der Waals surface area (Å²) < 4.78 is 10.4. The van der Waals surface area contributed by atoms with Crippen LogP contribution in [0.5, 0.6) is 5.88 Å². The third kappa shape index (κ3) is 11.5. The maximum atomic E-state index is 11.6. The highest BCUT2D eigenvalue weighted by molar-refractivity contribution is 7.99. The van der Waals surface area contributed by atoms with Crippen molar-refractivity contribution in [3.63, 3.8) is 0 Å². The Balaban J connectivity index is 2.12. The summed E-state index contributed by atoms with van der Waals surface area (Å²) in [5.74, 6) is 1.18. The summed E-state index contributed by atoms with van der Waals surface area (Å²) >= 11 is 1.42. The maximum Gasteiger partial charge on any atom is 0.302 e. The number of hydrogen-bond acceptors (Lipinski definition) is 7. The highest BCUT2D eigenvalue weighted by Crippen LogP contribution is 2.10. The molecule has 1 heterocycles. The second kappa shape index (κ2) is 13.2. The van der Waals surface area contributed by atoms with E-state index in [0.29, 0.717) is 37.1 Å². The van der Waals surface area contributed by atoms with Gasteiger partial charge < -0.3 is 19.7 Å². The van der Waals surface area contributed by atoms with E-state index in [1.807, 2.05) is 38.4 Å². The summed E-state index contributed by atoms with van der Waals surface area (Å²) in [4.78, 5) is 28.4. The van der Waals surface area contributed by atoms with Crippen LogP contribution in [-0.2, 0) is 20.9 Å². The van der Waals surface area contributed by atoms with Gasteiger partial charge in [-0.2, -0.15) is 0 Å². The molecule has 0 saturated heterocycles. The number of esters is 1. The molecule has 0 spiro atoms. The summed E-state index contributed by atoms with van der Waals surface area (Å²) in [7, 11) is 4.02. The zero-order chi connectivity index (χ0) is 19.2. The molecule has 0 aliphatic heterocycles. The van der Waals surface area contributed by atoms with Crippen molar-refractivity contribution in [1.82, 2.24) is 15.2 Å². The molecule has 26 heavy (non-hydrogen) atoms. The Morgan fingerprint density at radius 2 is 2.15 bits per heavy atom. The van der Waals surface area contributed by atoms with E-state index in [1.54, 1.807) is 6.20 Å². The van der Waals surface area contributed by atoms with Crippen LogP contribution in [0, 0.1) is 0 Å². The van der Waals surface area contributed by atoms with Gasteiger partial charge >= 0.3 is 5.97 Å². The molecular formula is C18H27N3O4S. The molecule has 0 atom stereocenters. The Morgan fingerprint density at radius 3 is 2.88 bits per heavy atom. The van der Waals surface area contributed by atoms with Gasteiger partial charge in [0.05, 0.1) is 5.75 Å². The maximum absolute atomic E-state index is 11.6. The number of nitrogens with one attached hydrogen (secondary N) is 1. The number of thioether (sulfide) groups is 1. The molecule has 7 nitrogen and oxygen atoms in total. The van der Waals surface area contributed by atoms with Crippen LogP contribution in [0.3, 0.4) is 0 Å². The van der Waals surface area contributed by atoms with Crippen molar-refractivity contribution in [2.24, 2.45) is 0 Å². The van der Waals surface area contributed by atoms with Crippen LogP contribution in [0.2, 0.25) is 0 Å². The van der Waals surface area contributed by atoms with Gasteiger partial charge in [0.1, 0.15) is 13.2 Å². The number of amides is 1. The molecular weight excluding hydrogens is 354 g/mol. The van der Waals surface area contributed by atoms with Crippen LogP contribution >= 0.6 is 11.8 Å². The quantitative estimate of drug-likeness (QED) is 0.334. The topological polar surface area (TPSA) is 80.8 Å². The van der Waals surface area contributed by atoms with Crippen LogP contribution < -0.4 is 10.1 Å². The van der Waals surface area contributed by atoms with Crippen LogP contribution in [0.4, 0.5) is 0 Å². The molecule has 0 aliphatic carbocycles. The van der Waals surface area contributed by atoms with E-state index in [0.717, 1.165) is 12.1 Å². The molecule has 0 saturated carbocycles. The van der Waals surface area contributed by atoms with E-state index in [9.17, 15) is 9.59 Å². The van der Waals surface area contributed by atoms with Gasteiger partial charge in [-0.3, -0.25) is 9.59 Å². The minimum Gasteiger partial charge on any atom is -0.473 e. The normalized spacial score (nSPS) is 10.9. The molecule has 0 aromatic carbocycles. The van der Waals surface area contributed by atoms with Gasteiger partial charge in [0.25, 0.3) is 0 Å². The number of carbonyl (C=O) groups excluding carboxylic acids is 2. The predicted molar refractivity (Wildman–Crippen MR) is 103 cm³/mol.